The van der Waals surface area contributed by atoms with Gasteiger partial charge in [0, 0.05) is 16.6 Å². The van der Waals surface area contributed by atoms with Gasteiger partial charge >= 0.3 is 5.97 Å². The average molecular weight is 276 g/mol. The maximum absolute atomic E-state index is 11.4. The van der Waals surface area contributed by atoms with Crippen molar-refractivity contribution in [3.63, 3.8) is 0 Å². The molecule has 0 saturated carbocycles. The van der Waals surface area contributed by atoms with E-state index < -0.39 is 0 Å². The van der Waals surface area contributed by atoms with Crippen molar-refractivity contribution in [3.8, 4) is 10.6 Å². The molecule has 2 rings (SSSR count). The van der Waals surface area contributed by atoms with Gasteiger partial charge < -0.3 is 10.5 Å². The monoisotopic (exact) mass is 276 g/mol. The maximum atomic E-state index is 11.4. The van der Waals surface area contributed by atoms with Crippen LogP contribution in [0.4, 0.5) is 0 Å². The summed E-state index contributed by atoms with van der Waals surface area (Å²) in [5, 5.41) is 0.912. The Kier molecular flexibility index (Phi) is 4.65. The highest BCUT2D eigenvalue weighted by Gasteiger charge is 2.15. The third kappa shape index (κ3) is 3.62. The number of aromatic nitrogens is 1. The van der Waals surface area contributed by atoms with Crippen molar-refractivity contribution >= 4 is 17.3 Å². The highest BCUT2D eigenvalue weighted by Crippen LogP contribution is 2.28. The van der Waals surface area contributed by atoms with Crippen molar-refractivity contribution in [1.82, 2.24) is 4.98 Å². The van der Waals surface area contributed by atoms with Crippen LogP contribution < -0.4 is 5.73 Å². The zero-order chi connectivity index (χ0) is 13.7. The van der Waals surface area contributed by atoms with Gasteiger partial charge in [-0.2, -0.15) is 0 Å². The summed E-state index contributed by atoms with van der Waals surface area (Å²) in [5.41, 5.74) is 7.04. The standard InChI is InChI=1S/C14H16N2O2S/c1-2-18-13(17)8-11(15)12-9-16-14(19-12)10-6-4-3-5-7-10/h3-7,9,11H,2,8,15H2,1H3. The minimum absolute atomic E-state index is 0.185. The van der Waals surface area contributed by atoms with E-state index >= 15 is 0 Å². The zero-order valence-corrected chi connectivity index (χ0v) is 11.5. The van der Waals surface area contributed by atoms with Gasteiger partial charge in [-0.15, -0.1) is 11.3 Å². The number of rotatable bonds is 5. The van der Waals surface area contributed by atoms with Crippen LogP contribution in [0.2, 0.25) is 0 Å². The summed E-state index contributed by atoms with van der Waals surface area (Å²) in [7, 11) is 0. The third-order valence-electron chi connectivity index (χ3n) is 2.60. The highest BCUT2D eigenvalue weighted by molar-refractivity contribution is 7.15. The van der Waals surface area contributed by atoms with Gasteiger partial charge in [0.1, 0.15) is 5.01 Å². The predicted octanol–water partition coefficient (Wildman–Crippen LogP) is 2.76. The van der Waals surface area contributed by atoms with Crippen LogP contribution in [0.15, 0.2) is 36.5 Å². The lowest BCUT2D eigenvalue weighted by atomic mass is 10.2. The van der Waals surface area contributed by atoms with Gasteiger partial charge in [0.05, 0.1) is 19.1 Å². The lowest BCUT2D eigenvalue weighted by Crippen LogP contribution is -2.16. The van der Waals surface area contributed by atoms with Crippen molar-refractivity contribution in [2.24, 2.45) is 5.73 Å². The Morgan fingerprint density at radius 1 is 1.42 bits per heavy atom. The number of nitrogens with zero attached hydrogens (tertiary/aromatic N) is 1. The number of benzene rings is 1. The summed E-state index contributed by atoms with van der Waals surface area (Å²) in [4.78, 5) is 16.6. The zero-order valence-electron chi connectivity index (χ0n) is 10.7. The van der Waals surface area contributed by atoms with E-state index in [1.807, 2.05) is 30.3 Å². The molecule has 2 N–H and O–H groups in total. The molecular formula is C14H16N2O2S. The van der Waals surface area contributed by atoms with E-state index in [0.29, 0.717) is 6.61 Å². The molecule has 0 aliphatic rings. The molecule has 0 fully saturated rings. The minimum Gasteiger partial charge on any atom is -0.466 e. The van der Waals surface area contributed by atoms with Gasteiger partial charge in [0.15, 0.2) is 0 Å². The van der Waals surface area contributed by atoms with Crippen LogP contribution in [-0.2, 0) is 9.53 Å². The van der Waals surface area contributed by atoms with Crippen molar-refractivity contribution in [3.05, 3.63) is 41.4 Å². The normalized spacial score (nSPS) is 12.1. The summed E-state index contributed by atoms with van der Waals surface area (Å²) in [6.45, 7) is 2.16. The van der Waals surface area contributed by atoms with Crippen LogP contribution in [0.5, 0.6) is 0 Å². The first kappa shape index (κ1) is 13.7. The van der Waals surface area contributed by atoms with Crippen LogP contribution in [0.25, 0.3) is 10.6 Å². The second kappa shape index (κ2) is 6.45. The molecule has 0 aliphatic carbocycles. The number of carbonyl (C=O) groups excluding carboxylic acids is 1. The molecule has 0 spiro atoms. The van der Waals surface area contributed by atoms with Gasteiger partial charge in [0.25, 0.3) is 0 Å². The fourth-order valence-corrected chi connectivity index (χ4v) is 2.59. The van der Waals surface area contributed by atoms with E-state index in [-0.39, 0.29) is 18.4 Å². The highest BCUT2D eigenvalue weighted by atomic mass is 32.1. The van der Waals surface area contributed by atoms with E-state index in [2.05, 4.69) is 4.98 Å². The lowest BCUT2D eigenvalue weighted by molar-refractivity contribution is -0.143. The Balaban J connectivity index is 2.07. The second-order valence-corrected chi connectivity index (χ2v) is 5.11. The molecular weight excluding hydrogens is 260 g/mol. The number of carbonyl (C=O) groups is 1. The molecule has 2 aromatic rings. The van der Waals surface area contributed by atoms with E-state index in [4.69, 9.17) is 10.5 Å². The van der Waals surface area contributed by atoms with Crippen molar-refractivity contribution in [1.29, 1.82) is 0 Å². The molecule has 1 aromatic heterocycles. The number of hydrogen-bond donors (Lipinski definition) is 1. The summed E-state index contributed by atoms with van der Waals surface area (Å²) in [6.07, 6.45) is 1.92. The van der Waals surface area contributed by atoms with Gasteiger partial charge in [-0.25, -0.2) is 4.98 Å². The number of esters is 1. The average Bonchev–Trinajstić information content (AvgIpc) is 2.89. The van der Waals surface area contributed by atoms with Crippen LogP contribution in [0.1, 0.15) is 24.3 Å². The molecule has 0 saturated heterocycles. The Morgan fingerprint density at radius 2 is 2.16 bits per heavy atom. The molecule has 4 nitrogen and oxygen atoms in total. The predicted molar refractivity (Wildman–Crippen MR) is 75.7 cm³/mol. The summed E-state index contributed by atoms with van der Waals surface area (Å²) >= 11 is 1.51. The quantitative estimate of drug-likeness (QED) is 0.853. The van der Waals surface area contributed by atoms with Crippen LogP contribution in [-0.4, -0.2) is 17.6 Å². The maximum Gasteiger partial charge on any atom is 0.307 e. The van der Waals surface area contributed by atoms with Crippen LogP contribution in [0.3, 0.4) is 0 Å². The molecule has 1 aromatic carbocycles. The molecule has 0 amide bonds. The number of hydrogen-bond acceptors (Lipinski definition) is 5. The molecule has 0 radical (unpaired) electrons. The van der Waals surface area contributed by atoms with Crippen molar-refractivity contribution in [2.45, 2.75) is 19.4 Å². The van der Waals surface area contributed by atoms with E-state index in [0.717, 1.165) is 15.4 Å². The molecule has 1 atom stereocenters. The number of ether oxygens (including phenoxy) is 1. The Labute approximate surface area is 116 Å². The lowest BCUT2D eigenvalue weighted by Gasteiger charge is -2.07. The fourth-order valence-electron chi connectivity index (χ4n) is 1.67. The van der Waals surface area contributed by atoms with Crippen LogP contribution >= 0.6 is 11.3 Å². The van der Waals surface area contributed by atoms with E-state index in [1.165, 1.54) is 11.3 Å². The van der Waals surface area contributed by atoms with Gasteiger partial charge in [-0.3, -0.25) is 4.79 Å². The molecule has 1 unspecified atom stereocenters. The SMILES string of the molecule is CCOC(=O)CC(N)c1cnc(-c2ccccc2)s1. The largest absolute Gasteiger partial charge is 0.466 e. The summed E-state index contributed by atoms with van der Waals surface area (Å²) in [5.74, 6) is -0.273. The summed E-state index contributed by atoms with van der Waals surface area (Å²) < 4.78 is 4.89. The molecule has 1 heterocycles. The first-order valence-corrected chi connectivity index (χ1v) is 6.94. The van der Waals surface area contributed by atoms with Gasteiger partial charge in [0.2, 0.25) is 0 Å². The number of nitrogens with two attached hydrogens (primary N) is 1. The Morgan fingerprint density at radius 3 is 2.84 bits per heavy atom. The second-order valence-electron chi connectivity index (χ2n) is 4.05. The molecule has 0 aliphatic heterocycles. The summed E-state index contributed by atoms with van der Waals surface area (Å²) in [6, 6.07) is 9.54. The van der Waals surface area contributed by atoms with E-state index in [9.17, 15) is 4.79 Å². The van der Waals surface area contributed by atoms with Crippen molar-refractivity contribution < 1.29 is 9.53 Å². The van der Waals surface area contributed by atoms with E-state index in [1.54, 1.807) is 13.1 Å². The van der Waals surface area contributed by atoms with Crippen molar-refractivity contribution in [2.75, 3.05) is 6.61 Å². The first-order valence-electron chi connectivity index (χ1n) is 6.13. The Bertz CT molecular complexity index is 539. The number of thiazole rings is 1. The Hall–Kier alpha value is -1.72. The molecule has 5 heteroatoms. The third-order valence-corrected chi connectivity index (χ3v) is 3.78. The minimum atomic E-state index is -0.353. The first-order chi connectivity index (χ1) is 9.20. The molecule has 100 valence electrons. The van der Waals surface area contributed by atoms with Gasteiger partial charge in [-0.05, 0) is 6.92 Å². The smallest absolute Gasteiger partial charge is 0.307 e. The van der Waals surface area contributed by atoms with Gasteiger partial charge in [-0.1, -0.05) is 30.3 Å². The molecule has 19 heavy (non-hydrogen) atoms. The topological polar surface area (TPSA) is 65.2 Å². The molecule has 0 bridgehead atoms. The van der Waals surface area contributed by atoms with Crippen LogP contribution in [0, 0.1) is 0 Å². The fraction of sp³-hybridized carbons (Fsp3) is 0.286.